The smallest absolute Gasteiger partial charge is 0.208 e. The molecule has 0 aromatic carbocycles. The van der Waals surface area contributed by atoms with Crippen molar-refractivity contribution in [3.8, 4) is 0 Å². The standard InChI is InChI=1S/C10H16N2O2/c1-2-13-7-9-5-12-10(14-9)6-11-8-3-4-8/h5,8,11H,2-4,6-7H2,1H3. The molecule has 4 heteroatoms. The fourth-order valence-corrected chi connectivity index (χ4v) is 1.22. The van der Waals surface area contributed by atoms with Gasteiger partial charge in [-0.3, -0.25) is 0 Å². The van der Waals surface area contributed by atoms with E-state index in [1.807, 2.05) is 6.92 Å². The average molecular weight is 196 g/mol. The van der Waals surface area contributed by atoms with Crippen molar-refractivity contribution < 1.29 is 9.15 Å². The summed E-state index contributed by atoms with van der Waals surface area (Å²) in [4.78, 5) is 4.16. The third-order valence-corrected chi connectivity index (χ3v) is 2.17. The second-order valence-corrected chi connectivity index (χ2v) is 3.51. The first-order valence-corrected chi connectivity index (χ1v) is 5.13. The van der Waals surface area contributed by atoms with E-state index in [4.69, 9.17) is 9.15 Å². The van der Waals surface area contributed by atoms with E-state index in [1.54, 1.807) is 6.20 Å². The van der Waals surface area contributed by atoms with Crippen LogP contribution in [0.15, 0.2) is 10.6 Å². The zero-order chi connectivity index (χ0) is 9.80. The van der Waals surface area contributed by atoms with E-state index in [1.165, 1.54) is 12.8 Å². The van der Waals surface area contributed by atoms with Crippen LogP contribution >= 0.6 is 0 Å². The Morgan fingerprint density at radius 1 is 1.64 bits per heavy atom. The molecule has 1 heterocycles. The lowest BCUT2D eigenvalue weighted by molar-refractivity contribution is 0.117. The number of rotatable bonds is 6. The maximum absolute atomic E-state index is 5.47. The summed E-state index contributed by atoms with van der Waals surface area (Å²) in [7, 11) is 0. The van der Waals surface area contributed by atoms with E-state index < -0.39 is 0 Å². The molecule has 0 aliphatic heterocycles. The molecule has 0 atom stereocenters. The molecule has 0 bridgehead atoms. The SMILES string of the molecule is CCOCc1cnc(CNC2CC2)o1. The Balaban J connectivity index is 1.76. The molecule has 2 rings (SSSR count). The molecule has 4 nitrogen and oxygen atoms in total. The molecule has 0 radical (unpaired) electrons. The first-order chi connectivity index (χ1) is 6.88. The molecule has 1 aliphatic rings. The van der Waals surface area contributed by atoms with Crippen molar-refractivity contribution in [2.45, 2.75) is 39.0 Å². The lowest BCUT2D eigenvalue weighted by Crippen LogP contribution is -2.15. The van der Waals surface area contributed by atoms with Crippen LogP contribution in [0.5, 0.6) is 0 Å². The molecule has 0 amide bonds. The molecular formula is C10H16N2O2. The van der Waals surface area contributed by atoms with Gasteiger partial charge < -0.3 is 14.5 Å². The van der Waals surface area contributed by atoms with Crippen LogP contribution in [-0.2, 0) is 17.9 Å². The highest BCUT2D eigenvalue weighted by molar-refractivity contribution is 4.93. The number of nitrogens with zero attached hydrogens (tertiary/aromatic N) is 1. The van der Waals surface area contributed by atoms with Crippen molar-refractivity contribution in [1.82, 2.24) is 10.3 Å². The van der Waals surface area contributed by atoms with E-state index in [0.29, 0.717) is 19.3 Å². The topological polar surface area (TPSA) is 47.3 Å². The minimum atomic E-state index is 0.521. The van der Waals surface area contributed by atoms with Gasteiger partial charge in [-0.1, -0.05) is 0 Å². The van der Waals surface area contributed by atoms with Crippen LogP contribution in [-0.4, -0.2) is 17.6 Å². The number of nitrogens with one attached hydrogen (secondary N) is 1. The summed E-state index contributed by atoms with van der Waals surface area (Å²) >= 11 is 0. The summed E-state index contributed by atoms with van der Waals surface area (Å²) in [6.45, 7) is 3.92. The van der Waals surface area contributed by atoms with Crippen LogP contribution in [0.1, 0.15) is 31.4 Å². The Morgan fingerprint density at radius 2 is 2.50 bits per heavy atom. The lowest BCUT2D eigenvalue weighted by atomic mass is 10.5. The average Bonchev–Trinajstić information content (AvgIpc) is 2.92. The van der Waals surface area contributed by atoms with Crippen LogP contribution in [0.4, 0.5) is 0 Å². The molecule has 0 spiro atoms. The van der Waals surface area contributed by atoms with Gasteiger partial charge in [0.2, 0.25) is 5.89 Å². The molecule has 1 aromatic rings. The molecule has 0 saturated heterocycles. The van der Waals surface area contributed by atoms with Gasteiger partial charge in [-0.05, 0) is 19.8 Å². The van der Waals surface area contributed by atoms with E-state index in [2.05, 4.69) is 10.3 Å². The Hall–Kier alpha value is -0.870. The van der Waals surface area contributed by atoms with Crippen molar-refractivity contribution in [3.63, 3.8) is 0 Å². The predicted molar refractivity (Wildman–Crippen MR) is 51.7 cm³/mol. The van der Waals surface area contributed by atoms with Gasteiger partial charge in [-0.2, -0.15) is 0 Å². The fraction of sp³-hybridized carbons (Fsp3) is 0.700. The summed E-state index contributed by atoms with van der Waals surface area (Å²) in [6, 6.07) is 0.692. The Bertz CT molecular complexity index is 281. The summed E-state index contributed by atoms with van der Waals surface area (Å²) in [6.07, 6.45) is 4.30. The number of aromatic nitrogens is 1. The first kappa shape index (κ1) is 9.68. The van der Waals surface area contributed by atoms with E-state index in [0.717, 1.165) is 18.2 Å². The van der Waals surface area contributed by atoms with Crippen molar-refractivity contribution >= 4 is 0 Å². The maximum Gasteiger partial charge on any atom is 0.208 e. The summed E-state index contributed by atoms with van der Waals surface area (Å²) < 4.78 is 10.7. The molecule has 1 aliphatic carbocycles. The largest absolute Gasteiger partial charge is 0.442 e. The van der Waals surface area contributed by atoms with Gasteiger partial charge in [0.15, 0.2) is 0 Å². The Morgan fingerprint density at radius 3 is 3.21 bits per heavy atom. The molecule has 1 N–H and O–H groups in total. The van der Waals surface area contributed by atoms with Gasteiger partial charge in [0.25, 0.3) is 0 Å². The van der Waals surface area contributed by atoms with E-state index in [-0.39, 0.29) is 0 Å². The third kappa shape index (κ3) is 2.82. The van der Waals surface area contributed by atoms with Crippen LogP contribution in [0.3, 0.4) is 0 Å². The van der Waals surface area contributed by atoms with Crippen molar-refractivity contribution in [2.24, 2.45) is 0 Å². The molecule has 1 aromatic heterocycles. The highest BCUT2D eigenvalue weighted by Crippen LogP contribution is 2.19. The lowest BCUT2D eigenvalue weighted by Gasteiger charge is -1.97. The zero-order valence-electron chi connectivity index (χ0n) is 8.45. The van der Waals surface area contributed by atoms with Gasteiger partial charge in [0.05, 0.1) is 12.7 Å². The van der Waals surface area contributed by atoms with Gasteiger partial charge in [0, 0.05) is 12.6 Å². The van der Waals surface area contributed by atoms with Gasteiger partial charge in [-0.25, -0.2) is 4.98 Å². The van der Waals surface area contributed by atoms with Gasteiger partial charge in [0.1, 0.15) is 12.4 Å². The molecule has 14 heavy (non-hydrogen) atoms. The second-order valence-electron chi connectivity index (χ2n) is 3.51. The predicted octanol–water partition coefficient (Wildman–Crippen LogP) is 1.46. The Labute approximate surface area is 83.7 Å². The number of hydrogen-bond acceptors (Lipinski definition) is 4. The Kier molecular flexibility index (Phi) is 3.16. The van der Waals surface area contributed by atoms with Crippen LogP contribution in [0.25, 0.3) is 0 Å². The minimum absolute atomic E-state index is 0.521. The maximum atomic E-state index is 5.47. The summed E-state index contributed by atoms with van der Waals surface area (Å²) in [5, 5.41) is 3.35. The highest BCUT2D eigenvalue weighted by atomic mass is 16.5. The number of hydrogen-bond donors (Lipinski definition) is 1. The van der Waals surface area contributed by atoms with Gasteiger partial charge in [-0.15, -0.1) is 0 Å². The number of ether oxygens (including phenoxy) is 1. The number of oxazole rings is 1. The molecular weight excluding hydrogens is 180 g/mol. The fourth-order valence-electron chi connectivity index (χ4n) is 1.22. The molecule has 1 saturated carbocycles. The van der Waals surface area contributed by atoms with Crippen molar-refractivity contribution in [1.29, 1.82) is 0 Å². The second kappa shape index (κ2) is 4.57. The quantitative estimate of drug-likeness (QED) is 0.748. The minimum Gasteiger partial charge on any atom is -0.442 e. The highest BCUT2D eigenvalue weighted by Gasteiger charge is 2.20. The molecule has 0 unspecified atom stereocenters. The van der Waals surface area contributed by atoms with Crippen molar-refractivity contribution in [2.75, 3.05) is 6.61 Å². The van der Waals surface area contributed by atoms with E-state index >= 15 is 0 Å². The third-order valence-electron chi connectivity index (χ3n) is 2.17. The monoisotopic (exact) mass is 196 g/mol. The first-order valence-electron chi connectivity index (χ1n) is 5.13. The molecule has 78 valence electrons. The zero-order valence-corrected chi connectivity index (χ0v) is 8.45. The normalized spacial score (nSPS) is 16.1. The van der Waals surface area contributed by atoms with E-state index in [9.17, 15) is 0 Å². The molecule has 1 fully saturated rings. The summed E-state index contributed by atoms with van der Waals surface area (Å²) in [5.41, 5.74) is 0. The van der Waals surface area contributed by atoms with Gasteiger partial charge >= 0.3 is 0 Å². The van der Waals surface area contributed by atoms with Crippen LogP contribution < -0.4 is 5.32 Å². The van der Waals surface area contributed by atoms with Crippen LogP contribution in [0, 0.1) is 0 Å². The summed E-state index contributed by atoms with van der Waals surface area (Å²) in [5.74, 6) is 1.56. The van der Waals surface area contributed by atoms with Crippen LogP contribution in [0.2, 0.25) is 0 Å². The van der Waals surface area contributed by atoms with Crippen molar-refractivity contribution in [3.05, 3.63) is 17.8 Å².